The SMILES string of the molecule is O=C(CSCc1ccncc1)N[C@H]1C[C@H]1c1ccccc1Cl. The number of nitrogens with one attached hydrogen (secondary N) is 1. The molecule has 1 N–H and O–H groups in total. The number of pyridine rings is 1. The minimum absolute atomic E-state index is 0.0959. The van der Waals surface area contributed by atoms with Crippen LogP contribution in [0.3, 0.4) is 0 Å². The van der Waals surface area contributed by atoms with Crippen LogP contribution in [0.15, 0.2) is 48.8 Å². The Bertz CT molecular complexity index is 650. The molecule has 1 aliphatic rings. The largest absolute Gasteiger partial charge is 0.352 e. The van der Waals surface area contributed by atoms with Crippen molar-refractivity contribution in [3.63, 3.8) is 0 Å². The zero-order chi connectivity index (χ0) is 15.4. The molecule has 1 aromatic carbocycles. The molecule has 0 spiro atoms. The Hall–Kier alpha value is -1.52. The van der Waals surface area contributed by atoms with Crippen molar-refractivity contribution in [3.05, 3.63) is 64.9 Å². The van der Waals surface area contributed by atoms with Gasteiger partial charge in [0, 0.05) is 35.1 Å². The van der Waals surface area contributed by atoms with E-state index in [0.29, 0.717) is 11.7 Å². The first-order chi connectivity index (χ1) is 10.7. The summed E-state index contributed by atoms with van der Waals surface area (Å²) in [6.07, 6.45) is 4.52. The topological polar surface area (TPSA) is 42.0 Å². The number of hydrogen-bond acceptors (Lipinski definition) is 3. The van der Waals surface area contributed by atoms with E-state index in [1.54, 1.807) is 24.2 Å². The molecule has 0 radical (unpaired) electrons. The number of hydrogen-bond donors (Lipinski definition) is 1. The number of nitrogens with zero attached hydrogens (tertiary/aromatic N) is 1. The summed E-state index contributed by atoms with van der Waals surface area (Å²) in [5.41, 5.74) is 2.33. The van der Waals surface area contributed by atoms with Gasteiger partial charge >= 0.3 is 0 Å². The van der Waals surface area contributed by atoms with E-state index in [-0.39, 0.29) is 11.9 Å². The summed E-state index contributed by atoms with van der Waals surface area (Å²) in [4.78, 5) is 15.9. The maximum atomic E-state index is 12.0. The van der Waals surface area contributed by atoms with Crippen LogP contribution in [0.1, 0.15) is 23.5 Å². The van der Waals surface area contributed by atoms with Gasteiger partial charge in [-0.15, -0.1) is 11.8 Å². The Balaban J connectivity index is 1.41. The Labute approximate surface area is 139 Å². The van der Waals surface area contributed by atoms with Gasteiger partial charge in [0.05, 0.1) is 5.75 Å². The predicted octanol–water partition coefficient (Wildman–Crippen LogP) is 3.64. The lowest BCUT2D eigenvalue weighted by Crippen LogP contribution is -2.28. The second-order valence-corrected chi connectivity index (χ2v) is 6.78. The normalized spacial score (nSPS) is 19.7. The highest BCUT2D eigenvalue weighted by molar-refractivity contribution is 7.99. The monoisotopic (exact) mass is 332 g/mol. The molecule has 1 saturated carbocycles. The van der Waals surface area contributed by atoms with Crippen LogP contribution in [0.5, 0.6) is 0 Å². The Kier molecular flexibility index (Phi) is 5.01. The standard InChI is InChI=1S/C17H17ClN2OS/c18-15-4-2-1-3-13(15)14-9-16(14)20-17(21)11-22-10-12-5-7-19-8-6-12/h1-8,14,16H,9-11H2,(H,20,21)/t14-,16-/m0/s1. The summed E-state index contributed by atoms with van der Waals surface area (Å²) in [5.74, 6) is 1.77. The average Bonchev–Trinajstić information content (AvgIpc) is 3.27. The van der Waals surface area contributed by atoms with Gasteiger partial charge < -0.3 is 5.32 Å². The van der Waals surface area contributed by atoms with Crippen LogP contribution in [0.2, 0.25) is 5.02 Å². The van der Waals surface area contributed by atoms with E-state index in [1.807, 2.05) is 36.4 Å². The molecule has 1 aliphatic carbocycles. The van der Waals surface area contributed by atoms with Gasteiger partial charge in [-0.1, -0.05) is 29.8 Å². The lowest BCUT2D eigenvalue weighted by Gasteiger charge is -2.06. The molecule has 114 valence electrons. The number of benzene rings is 1. The third-order valence-electron chi connectivity index (χ3n) is 3.69. The number of rotatable bonds is 6. The van der Waals surface area contributed by atoms with E-state index in [4.69, 9.17) is 11.6 Å². The molecule has 0 saturated heterocycles. The zero-order valence-corrected chi connectivity index (χ0v) is 13.6. The summed E-state index contributed by atoms with van der Waals surface area (Å²) in [5, 5.41) is 3.87. The van der Waals surface area contributed by atoms with E-state index in [0.717, 1.165) is 22.8 Å². The summed E-state index contributed by atoms with van der Waals surface area (Å²) < 4.78 is 0. The molecule has 3 nitrogen and oxygen atoms in total. The number of halogens is 1. The summed E-state index contributed by atoms with van der Waals surface area (Å²) >= 11 is 7.81. The van der Waals surface area contributed by atoms with Gasteiger partial charge in [-0.05, 0) is 35.7 Å². The van der Waals surface area contributed by atoms with Gasteiger partial charge in [0.25, 0.3) is 0 Å². The van der Waals surface area contributed by atoms with Crippen molar-refractivity contribution in [1.82, 2.24) is 10.3 Å². The number of thioether (sulfide) groups is 1. The van der Waals surface area contributed by atoms with E-state index >= 15 is 0 Å². The lowest BCUT2D eigenvalue weighted by molar-refractivity contribution is -0.118. The van der Waals surface area contributed by atoms with Crippen molar-refractivity contribution in [2.75, 3.05) is 5.75 Å². The number of aromatic nitrogens is 1. The van der Waals surface area contributed by atoms with Crippen molar-refractivity contribution >= 4 is 29.3 Å². The van der Waals surface area contributed by atoms with Gasteiger partial charge in [-0.3, -0.25) is 9.78 Å². The van der Waals surface area contributed by atoms with E-state index in [1.165, 1.54) is 5.56 Å². The summed E-state index contributed by atoms with van der Waals surface area (Å²) in [6, 6.07) is 12.0. The number of amides is 1. The third-order valence-corrected chi connectivity index (χ3v) is 5.04. The number of carbonyl (C=O) groups excluding carboxylic acids is 1. The van der Waals surface area contributed by atoms with Crippen LogP contribution in [0, 0.1) is 0 Å². The number of carbonyl (C=O) groups is 1. The van der Waals surface area contributed by atoms with Crippen molar-refractivity contribution in [3.8, 4) is 0 Å². The fourth-order valence-electron chi connectivity index (χ4n) is 2.46. The van der Waals surface area contributed by atoms with Gasteiger partial charge in [0.1, 0.15) is 0 Å². The first-order valence-electron chi connectivity index (χ1n) is 7.24. The van der Waals surface area contributed by atoms with E-state index in [2.05, 4.69) is 10.3 Å². The minimum atomic E-state index is 0.0959. The first-order valence-corrected chi connectivity index (χ1v) is 8.78. The minimum Gasteiger partial charge on any atom is -0.352 e. The molecule has 0 bridgehead atoms. The Morgan fingerprint density at radius 1 is 1.27 bits per heavy atom. The fraction of sp³-hybridized carbons (Fsp3) is 0.294. The first kappa shape index (κ1) is 15.4. The highest BCUT2D eigenvalue weighted by Crippen LogP contribution is 2.43. The summed E-state index contributed by atoms with van der Waals surface area (Å²) in [6.45, 7) is 0. The molecule has 1 amide bonds. The van der Waals surface area contributed by atoms with Crippen LogP contribution in [0.4, 0.5) is 0 Å². The smallest absolute Gasteiger partial charge is 0.230 e. The van der Waals surface area contributed by atoms with Crippen LogP contribution in [-0.4, -0.2) is 22.7 Å². The molecule has 1 aromatic heterocycles. The highest BCUT2D eigenvalue weighted by atomic mass is 35.5. The molecule has 5 heteroatoms. The zero-order valence-electron chi connectivity index (χ0n) is 12.0. The molecule has 2 atom stereocenters. The quantitative estimate of drug-likeness (QED) is 0.878. The Morgan fingerprint density at radius 3 is 2.82 bits per heavy atom. The second-order valence-electron chi connectivity index (χ2n) is 5.39. The van der Waals surface area contributed by atoms with E-state index < -0.39 is 0 Å². The fourth-order valence-corrected chi connectivity index (χ4v) is 3.54. The van der Waals surface area contributed by atoms with E-state index in [9.17, 15) is 4.79 Å². The third kappa shape index (κ3) is 4.02. The maximum absolute atomic E-state index is 12.0. The molecule has 1 fully saturated rings. The maximum Gasteiger partial charge on any atom is 0.230 e. The molecule has 0 unspecified atom stereocenters. The van der Waals surface area contributed by atoms with Crippen LogP contribution in [0.25, 0.3) is 0 Å². The molecule has 2 aromatic rings. The molecular formula is C17H17ClN2OS. The van der Waals surface area contributed by atoms with Gasteiger partial charge in [-0.2, -0.15) is 0 Å². The van der Waals surface area contributed by atoms with Crippen molar-refractivity contribution in [2.45, 2.75) is 24.1 Å². The second kappa shape index (κ2) is 7.16. The van der Waals surface area contributed by atoms with Crippen molar-refractivity contribution in [1.29, 1.82) is 0 Å². The molecule has 22 heavy (non-hydrogen) atoms. The molecule has 1 heterocycles. The van der Waals surface area contributed by atoms with Gasteiger partial charge in [-0.25, -0.2) is 0 Å². The van der Waals surface area contributed by atoms with Gasteiger partial charge in [0.2, 0.25) is 5.91 Å². The molecule has 3 rings (SSSR count). The average molecular weight is 333 g/mol. The molecule has 0 aliphatic heterocycles. The Morgan fingerprint density at radius 2 is 2.05 bits per heavy atom. The van der Waals surface area contributed by atoms with Crippen LogP contribution < -0.4 is 5.32 Å². The molecular weight excluding hydrogens is 316 g/mol. The van der Waals surface area contributed by atoms with Crippen LogP contribution in [-0.2, 0) is 10.5 Å². The predicted molar refractivity (Wildman–Crippen MR) is 91.1 cm³/mol. The highest BCUT2D eigenvalue weighted by Gasteiger charge is 2.40. The van der Waals surface area contributed by atoms with Crippen molar-refractivity contribution in [2.24, 2.45) is 0 Å². The van der Waals surface area contributed by atoms with Gasteiger partial charge in [0.15, 0.2) is 0 Å². The van der Waals surface area contributed by atoms with Crippen LogP contribution >= 0.6 is 23.4 Å². The lowest BCUT2D eigenvalue weighted by atomic mass is 10.1. The summed E-state index contributed by atoms with van der Waals surface area (Å²) in [7, 11) is 0. The van der Waals surface area contributed by atoms with Crippen molar-refractivity contribution < 1.29 is 4.79 Å².